The van der Waals surface area contributed by atoms with Crippen molar-refractivity contribution >= 4 is 34.5 Å². The summed E-state index contributed by atoms with van der Waals surface area (Å²) >= 11 is 2.03. The van der Waals surface area contributed by atoms with Crippen LogP contribution in [0.1, 0.15) is 29.6 Å². The monoisotopic (exact) mass is 401 g/mol. The quantitative estimate of drug-likeness (QED) is 0.771. The number of aromatic carboxylic acids is 1. The first kappa shape index (κ1) is 15.8. The molecule has 6 heteroatoms. The molecule has 1 N–H and O–H groups in total. The molecule has 1 aliphatic carbocycles. The van der Waals surface area contributed by atoms with Crippen LogP contribution >= 0.6 is 22.6 Å². The van der Waals surface area contributed by atoms with E-state index < -0.39 is 5.97 Å². The van der Waals surface area contributed by atoms with E-state index in [1.54, 1.807) is 24.1 Å². The zero-order chi connectivity index (χ0) is 15.4. The van der Waals surface area contributed by atoms with E-state index >= 15 is 0 Å². The van der Waals surface area contributed by atoms with Crippen LogP contribution in [-0.2, 0) is 4.79 Å². The van der Waals surface area contributed by atoms with Crippen LogP contribution in [0.2, 0.25) is 0 Å². The van der Waals surface area contributed by atoms with Crippen LogP contribution in [0.4, 0.5) is 0 Å². The van der Waals surface area contributed by atoms with Gasteiger partial charge in [-0.25, -0.2) is 4.79 Å². The zero-order valence-corrected chi connectivity index (χ0v) is 13.8. The number of hydrogen-bond donors (Lipinski definition) is 1. The third-order valence-corrected chi connectivity index (χ3v) is 4.02. The Morgan fingerprint density at radius 2 is 2.19 bits per heavy atom. The minimum Gasteiger partial charge on any atom is -0.483 e. The molecule has 2 rings (SSSR count). The lowest BCUT2D eigenvalue weighted by Crippen LogP contribution is -2.30. The number of ether oxygens (including phenoxy) is 1. The minimum atomic E-state index is -1.07. The topological polar surface area (TPSA) is 66.8 Å². The number of carboxylic acid groups (broad SMARTS) is 1. The number of carbonyl (C=O) groups excluding carboxylic acids is 1. The molecule has 0 saturated heterocycles. The van der Waals surface area contributed by atoms with E-state index in [-0.39, 0.29) is 23.8 Å². The van der Waals surface area contributed by atoms with E-state index in [0.717, 1.165) is 28.5 Å². The Balaban J connectivity index is 2.02. The second kappa shape index (κ2) is 6.93. The third-order valence-electron chi connectivity index (χ3n) is 3.35. The van der Waals surface area contributed by atoms with Crippen molar-refractivity contribution in [2.24, 2.45) is 0 Å². The fourth-order valence-electron chi connectivity index (χ4n) is 2.15. The molecule has 5 nitrogen and oxygen atoms in total. The average molecular weight is 401 g/mol. The van der Waals surface area contributed by atoms with Gasteiger partial charge in [-0.2, -0.15) is 0 Å². The Morgan fingerprint density at radius 3 is 2.81 bits per heavy atom. The molecule has 0 heterocycles. The molecule has 1 aliphatic rings. The van der Waals surface area contributed by atoms with Crippen LogP contribution in [0.15, 0.2) is 30.0 Å². The fourth-order valence-corrected chi connectivity index (χ4v) is 2.64. The summed E-state index contributed by atoms with van der Waals surface area (Å²) in [4.78, 5) is 24.8. The molecular formula is C15H16INO4. The van der Waals surface area contributed by atoms with Gasteiger partial charge < -0.3 is 14.7 Å². The molecule has 1 amide bonds. The Kier molecular flexibility index (Phi) is 5.22. The van der Waals surface area contributed by atoms with Gasteiger partial charge in [-0.05, 0) is 60.1 Å². The molecule has 21 heavy (non-hydrogen) atoms. The number of carboxylic acids is 1. The molecule has 0 spiro atoms. The molecule has 0 fully saturated rings. The van der Waals surface area contributed by atoms with Crippen LogP contribution in [0.5, 0.6) is 5.75 Å². The van der Waals surface area contributed by atoms with Gasteiger partial charge >= 0.3 is 5.97 Å². The highest BCUT2D eigenvalue weighted by atomic mass is 127. The number of benzene rings is 1. The van der Waals surface area contributed by atoms with Gasteiger partial charge in [0, 0.05) is 16.3 Å². The highest BCUT2D eigenvalue weighted by molar-refractivity contribution is 14.1. The maximum Gasteiger partial charge on any atom is 0.339 e. The Bertz CT molecular complexity index is 597. The lowest BCUT2D eigenvalue weighted by Gasteiger charge is -2.19. The average Bonchev–Trinajstić information content (AvgIpc) is 2.98. The Labute approximate surface area is 136 Å². The highest BCUT2D eigenvalue weighted by Gasteiger charge is 2.18. The second-order valence-corrected chi connectivity index (χ2v) is 6.02. The summed E-state index contributed by atoms with van der Waals surface area (Å²) in [5.41, 5.74) is 1.07. The van der Waals surface area contributed by atoms with Gasteiger partial charge in [-0.1, -0.05) is 6.08 Å². The standard InChI is InChI=1S/C15H16INO4/c1-17(11-4-2-3-5-11)14(18)9-21-13-7-6-10(16)8-12(13)15(19)20/h4,6-8H,2-3,5,9H2,1H3,(H,19,20). The number of likely N-dealkylation sites (N-methyl/N-ethyl adjacent to an activating group) is 1. The van der Waals surface area contributed by atoms with Gasteiger partial charge in [0.05, 0.1) is 0 Å². The highest BCUT2D eigenvalue weighted by Crippen LogP contribution is 2.23. The number of allylic oxidation sites excluding steroid dienone is 2. The van der Waals surface area contributed by atoms with E-state index in [1.165, 1.54) is 6.07 Å². The van der Waals surface area contributed by atoms with Gasteiger partial charge in [0.2, 0.25) is 0 Å². The summed E-state index contributed by atoms with van der Waals surface area (Å²) in [6.45, 7) is -0.172. The normalized spacial score (nSPS) is 13.7. The summed E-state index contributed by atoms with van der Waals surface area (Å²) in [5.74, 6) is -1.04. The third kappa shape index (κ3) is 3.96. The van der Waals surface area contributed by atoms with Crippen molar-refractivity contribution in [1.29, 1.82) is 0 Å². The molecule has 1 aromatic carbocycles. The maximum absolute atomic E-state index is 12.1. The van der Waals surface area contributed by atoms with Gasteiger partial charge in [-0.15, -0.1) is 0 Å². The van der Waals surface area contributed by atoms with E-state index in [0.29, 0.717) is 0 Å². The van der Waals surface area contributed by atoms with Crippen LogP contribution in [0.25, 0.3) is 0 Å². The number of amides is 1. The molecule has 112 valence electrons. The first-order valence-corrected chi connectivity index (χ1v) is 7.68. The van der Waals surface area contributed by atoms with Crippen molar-refractivity contribution in [3.8, 4) is 5.75 Å². The van der Waals surface area contributed by atoms with E-state index in [9.17, 15) is 9.59 Å². The van der Waals surface area contributed by atoms with Gasteiger partial charge in [0.25, 0.3) is 5.91 Å². The molecule has 0 bridgehead atoms. The summed E-state index contributed by atoms with van der Waals surface area (Å²) in [6, 6.07) is 4.84. The zero-order valence-electron chi connectivity index (χ0n) is 11.6. The largest absolute Gasteiger partial charge is 0.483 e. The van der Waals surface area contributed by atoms with Crippen molar-refractivity contribution in [2.45, 2.75) is 19.3 Å². The first-order valence-electron chi connectivity index (χ1n) is 6.60. The number of carbonyl (C=O) groups is 2. The lowest BCUT2D eigenvalue weighted by molar-refractivity contribution is -0.130. The SMILES string of the molecule is CN(C(=O)COc1ccc(I)cc1C(=O)O)C1=CCCC1. The summed E-state index contributed by atoms with van der Waals surface area (Å²) in [5, 5.41) is 9.15. The molecular weight excluding hydrogens is 385 g/mol. The van der Waals surface area contributed by atoms with Crippen LogP contribution in [0.3, 0.4) is 0 Å². The van der Waals surface area contributed by atoms with Gasteiger partial charge in [-0.3, -0.25) is 4.79 Å². The first-order chi connectivity index (χ1) is 9.99. The molecule has 0 radical (unpaired) electrons. The summed E-state index contributed by atoms with van der Waals surface area (Å²) in [6.07, 6.45) is 5.00. The van der Waals surface area contributed by atoms with E-state index in [2.05, 4.69) is 0 Å². The van der Waals surface area contributed by atoms with Crippen molar-refractivity contribution in [3.63, 3.8) is 0 Å². The van der Waals surface area contributed by atoms with E-state index in [1.807, 2.05) is 28.7 Å². The van der Waals surface area contributed by atoms with Crippen molar-refractivity contribution in [2.75, 3.05) is 13.7 Å². The van der Waals surface area contributed by atoms with Gasteiger partial charge in [0.15, 0.2) is 6.61 Å². The Hall–Kier alpha value is -1.57. The van der Waals surface area contributed by atoms with Crippen LogP contribution < -0.4 is 4.74 Å². The minimum absolute atomic E-state index is 0.0671. The Morgan fingerprint density at radius 1 is 1.43 bits per heavy atom. The summed E-state index contributed by atoms with van der Waals surface area (Å²) < 4.78 is 6.20. The second-order valence-electron chi connectivity index (χ2n) is 4.77. The predicted octanol–water partition coefficient (Wildman–Crippen LogP) is 2.89. The molecule has 0 saturated carbocycles. The predicted molar refractivity (Wildman–Crippen MR) is 86.3 cm³/mol. The lowest BCUT2D eigenvalue weighted by atomic mass is 10.2. The van der Waals surface area contributed by atoms with E-state index in [4.69, 9.17) is 9.84 Å². The van der Waals surface area contributed by atoms with Crippen molar-refractivity contribution in [3.05, 3.63) is 39.1 Å². The van der Waals surface area contributed by atoms with Crippen molar-refractivity contribution < 1.29 is 19.4 Å². The van der Waals surface area contributed by atoms with Crippen LogP contribution in [-0.4, -0.2) is 35.5 Å². The maximum atomic E-state index is 12.1. The number of rotatable bonds is 5. The number of halogens is 1. The fraction of sp³-hybridized carbons (Fsp3) is 0.333. The molecule has 0 atom stereocenters. The number of hydrogen-bond acceptors (Lipinski definition) is 3. The summed E-state index contributed by atoms with van der Waals surface area (Å²) in [7, 11) is 1.72. The molecule has 0 aromatic heterocycles. The van der Waals surface area contributed by atoms with Crippen molar-refractivity contribution in [1.82, 2.24) is 4.90 Å². The number of nitrogens with zero attached hydrogens (tertiary/aromatic N) is 1. The molecule has 1 aromatic rings. The smallest absolute Gasteiger partial charge is 0.339 e. The molecule has 0 aliphatic heterocycles. The van der Waals surface area contributed by atoms with Crippen LogP contribution in [0, 0.1) is 3.57 Å². The van der Waals surface area contributed by atoms with Gasteiger partial charge in [0.1, 0.15) is 11.3 Å². The molecule has 0 unspecified atom stereocenters.